The molecule has 1 aliphatic heterocycles. The largest absolute Gasteiger partial charge is 0.469 e. The molecule has 0 saturated carbocycles. The van der Waals surface area contributed by atoms with Crippen molar-refractivity contribution < 1.29 is 19.1 Å². The van der Waals surface area contributed by atoms with Crippen molar-refractivity contribution in [2.45, 2.75) is 52.4 Å². The van der Waals surface area contributed by atoms with E-state index in [2.05, 4.69) is 15.0 Å². The maximum absolute atomic E-state index is 12.4. The molecule has 21 heavy (non-hydrogen) atoms. The monoisotopic (exact) mass is 300 g/mol. The summed E-state index contributed by atoms with van der Waals surface area (Å²) in [5.74, 6) is -0.152. The van der Waals surface area contributed by atoms with E-state index in [0.717, 1.165) is 13.1 Å². The molecule has 1 rings (SSSR count). The Morgan fingerprint density at radius 1 is 1.29 bits per heavy atom. The minimum atomic E-state index is -0.315. The number of morpholine rings is 1. The van der Waals surface area contributed by atoms with E-state index in [-0.39, 0.29) is 42.5 Å². The standard InChI is InChI=1S/C15H28N2O4/c1-10(2)14(15(19)16-7-6-13(18)20-5)17-8-11(3)21-12(4)9-17/h10-12,14H,6-9H2,1-5H3,(H,16,19)/t11-,12+,14-/m0/s1. The van der Waals surface area contributed by atoms with Crippen LogP contribution in [0.1, 0.15) is 34.1 Å². The number of esters is 1. The van der Waals surface area contributed by atoms with Crippen LogP contribution in [0.5, 0.6) is 0 Å². The fourth-order valence-corrected chi connectivity index (χ4v) is 2.83. The lowest BCUT2D eigenvalue weighted by Crippen LogP contribution is -2.57. The van der Waals surface area contributed by atoms with Crippen LogP contribution in [0.15, 0.2) is 0 Å². The lowest BCUT2D eigenvalue weighted by molar-refractivity contribution is -0.140. The Balaban J connectivity index is 2.59. The smallest absolute Gasteiger partial charge is 0.307 e. The number of nitrogens with one attached hydrogen (secondary N) is 1. The van der Waals surface area contributed by atoms with E-state index < -0.39 is 0 Å². The molecule has 3 atom stereocenters. The van der Waals surface area contributed by atoms with E-state index in [4.69, 9.17) is 4.74 Å². The number of carbonyl (C=O) groups is 2. The van der Waals surface area contributed by atoms with Gasteiger partial charge in [0.15, 0.2) is 0 Å². The molecule has 0 unspecified atom stereocenters. The number of hydrogen-bond donors (Lipinski definition) is 1. The molecule has 0 bridgehead atoms. The number of hydrogen-bond acceptors (Lipinski definition) is 5. The fraction of sp³-hybridized carbons (Fsp3) is 0.867. The summed E-state index contributed by atoms with van der Waals surface area (Å²) in [6, 6.07) is -0.198. The first-order valence-electron chi connectivity index (χ1n) is 7.59. The second kappa shape index (κ2) is 8.34. The first-order chi connectivity index (χ1) is 9.85. The molecule has 0 aromatic heterocycles. The van der Waals surface area contributed by atoms with Gasteiger partial charge in [0, 0.05) is 19.6 Å². The third-order valence-corrected chi connectivity index (χ3v) is 3.60. The Kier molecular flexibility index (Phi) is 7.11. The van der Waals surface area contributed by atoms with Crippen molar-refractivity contribution >= 4 is 11.9 Å². The number of ether oxygens (including phenoxy) is 2. The SMILES string of the molecule is COC(=O)CCNC(=O)[C@H](C(C)C)N1C[C@@H](C)O[C@@H](C)C1. The van der Waals surface area contributed by atoms with E-state index in [1.165, 1.54) is 7.11 Å². The van der Waals surface area contributed by atoms with Crippen molar-refractivity contribution in [3.63, 3.8) is 0 Å². The van der Waals surface area contributed by atoms with E-state index in [1.807, 2.05) is 27.7 Å². The molecule has 1 N–H and O–H groups in total. The zero-order valence-corrected chi connectivity index (χ0v) is 13.7. The first kappa shape index (κ1) is 17.9. The fourth-order valence-electron chi connectivity index (χ4n) is 2.83. The zero-order valence-electron chi connectivity index (χ0n) is 13.7. The molecule has 0 aromatic rings. The predicted octanol–water partition coefficient (Wildman–Crippen LogP) is 0.800. The molecular formula is C15H28N2O4. The van der Waals surface area contributed by atoms with Crippen LogP contribution in [0.4, 0.5) is 0 Å². The highest BCUT2D eigenvalue weighted by atomic mass is 16.5. The van der Waals surface area contributed by atoms with Crippen LogP contribution < -0.4 is 5.32 Å². The average molecular weight is 300 g/mol. The highest BCUT2D eigenvalue weighted by Gasteiger charge is 2.33. The van der Waals surface area contributed by atoms with Gasteiger partial charge in [0.1, 0.15) is 0 Å². The Labute approximate surface area is 127 Å². The third-order valence-electron chi connectivity index (χ3n) is 3.60. The van der Waals surface area contributed by atoms with Gasteiger partial charge in [-0.1, -0.05) is 13.8 Å². The summed E-state index contributed by atoms with van der Waals surface area (Å²) < 4.78 is 10.3. The van der Waals surface area contributed by atoms with E-state index in [1.54, 1.807) is 0 Å². The summed E-state index contributed by atoms with van der Waals surface area (Å²) in [6.07, 6.45) is 0.443. The van der Waals surface area contributed by atoms with Crippen molar-refractivity contribution in [2.24, 2.45) is 5.92 Å². The van der Waals surface area contributed by atoms with Crippen molar-refractivity contribution in [2.75, 3.05) is 26.7 Å². The second-order valence-electron chi connectivity index (χ2n) is 6.02. The number of nitrogens with zero attached hydrogens (tertiary/aromatic N) is 1. The average Bonchev–Trinajstić information content (AvgIpc) is 2.36. The second-order valence-corrected chi connectivity index (χ2v) is 6.02. The molecular weight excluding hydrogens is 272 g/mol. The van der Waals surface area contributed by atoms with Crippen LogP contribution in [-0.4, -0.2) is 61.8 Å². The predicted molar refractivity (Wildman–Crippen MR) is 79.9 cm³/mol. The van der Waals surface area contributed by atoms with Crippen LogP contribution in [0.25, 0.3) is 0 Å². The summed E-state index contributed by atoms with van der Waals surface area (Å²) >= 11 is 0. The highest BCUT2D eigenvalue weighted by Crippen LogP contribution is 2.18. The summed E-state index contributed by atoms with van der Waals surface area (Å²) in [6.45, 7) is 9.93. The van der Waals surface area contributed by atoms with Gasteiger partial charge in [-0.3, -0.25) is 14.5 Å². The van der Waals surface area contributed by atoms with Crippen LogP contribution in [0.3, 0.4) is 0 Å². The number of rotatable bonds is 6. The van der Waals surface area contributed by atoms with Gasteiger partial charge in [0.05, 0.1) is 31.8 Å². The molecule has 0 aromatic carbocycles. The molecule has 0 spiro atoms. The Morgan fingerprint density at radius 2 is 1.86 bits per heavy atom. The molecule has 1 heterocycles. The molecule has 1 fully saturated rings. The Morgan fingerprint density at radius 3 is 2.33 bits per heavy atom. The van der Waals surface area contributed by atoms with Crippen LogP contribution >= 0.6 is 0 Å². The lowest BCUT2D eigenvalue weighted by Gasteiger charge is -2.41. The summed E-state index contributed by atoms with van der Waals surface area (Å²) in [7, 11) is 1.34. The molecule has 1 aliphatic rings. The first-order valence-corrected chi connectivity index (χ1v) is 7.59. The topological polar surface area (TPSA) is 67.9 Å². The highest BCUT2D eigenvalue weighted by molar-refractivity contribution is 5.82. The molecule has 1 amide bonds. The third kappa shape index (κ3) is 5.63. The van der Waals surface area contributed by atoms with E-state index in [0.29, 0.717) is 6.54 Å². The Bertz CT molecular complexity index is 350. The normalized spacial score (nSPS) is 24.7. The van der Waals surface area contributed by atoms with Gasteiger partial charge in [-0.2, -0.15) is 0 Å². The van der Waals surface area contributed by atoms with Crippen LogP contribution in [0.2, 0.25) is 0 Å². The van der Waals surface area contributed by atoms with Gasteiger partial charge in [0.2, 0.25) is 5.91 Å². The molecule has 0 radical (unpaired) electrons. The summed E-state index contributed by atoms with van der Waals surface area (Å²) in [4.78, 5) is 25.7. The van der Waals surface area contributed by atoms with Crippen molar-refractivity contribution in [3.8, 4) is 0 Å². The molecule has 6 heteroatoms. The maximum atomic E-state index is 12.4. The summed E-state index contributed by atoms with van der Waals surface area (Å²) in [5.41, 5.74) is 0. The van der Waals surface area contributed by atoms with Crippen molar-refractivity contribution in [1.29, 1.82) is 0 Å². The number of amides is 1. The van der Waals surface area contributed by atoms with Crippen molar-refractivity contribution in [1.82, 2.24) is 10.2 Å². The van der Waals surface area contributed by atoms with Gasteiger partial charge in [-0.15, -0.1) is 0 Å². The Hall–Kier alpha value is -1.14. The maximum Gasteiger partial charge on any atom is 0.307 e. The van der Waals surface area contributed by atoms with Gasteiger partial charge in [0.25, 0.3) is 0 Å². The summed E-state index contributed by atoms with van der Waals surface area (Å²) in [5, 5.41) is 2.83. The molecule has 6 nitrogen and oxygen atoms in total. The quantitative estimate of drug-likeness (QED) is 0.735. The van der Waals surface area contributed by atoms with Gasteiger partial charge < -0.3 is 14.8 Å². The number of carbonyl (C=O) groups excluding carboxylic acids is 2. The lowest BCUT2D eigenvalue weighted by atomic mass is 9.99. The van der Waals surface area contributed by atoms with E-state index >= 15 is 0 Å². The van der Waals surface area contributed by atoms with Crippen molar-refractivity contribution in [3.05, 3.63) is 0 Å². The molecule has 0 aliphatic carbocycles. The minimum Gasteiger partial charge on any atom is -0.469 e. The van der Waals surface area contributed by atoms with E-state index in [9.17, 15) is 9.59 Å². The molecule has 122 valence electrons. The molecule has 1 saturated heterocycles. The van der Waals surface area contributed by atoms with Gasteiger partial charge in [-0.05, 0) is 19.8 Å². The van der Waals surface area contributed by atoms with Gasteiger partial charge in [-0.25, -0.2) is 0 Å². The minimum absolute atomic E-state index is 0.0322. The zero-order chi connectivity index (χ0) is 16.0. The van der Waals surface area contributed by atoms with Crippen LogP contribution in [-0.2, 0) is 19.1 Å². The van der Waals surface area contributed by atoms with Crippen LogP contribution in [0, 0.1) is 5.92 Å². The number of methoxy groups -OCH3 is 1. The van der Waals surface area contributed by atoms with Gasteiger partial charge >= 0.3 is 5.97 Å².